The Morgan fingerprint density at radius 3 is 2.55 bits per heavy atom. The molecule has 150 valence electrons. The Morgan fingerprint density at radius 2 is 1.86 bits per heavy atom. The van der Waals surface area contributed by atoms with Crippen LogP contribution in [-0.2, 0) is 9.53 Å². The normalized spacial score (nSPS) is 11.6. The minimum atomic E-state index is -0.384. The Morgan fingerprint density at radius 1 is 1.10 bits per heavy atom. The van der Waals surface area contributed by atoms with Gasteiger partial charge in [-0.3, -0.25) is 9.59 Å². The van der Waals surface area contributed by atoms with Crippen molar-refractivity contribution in [3.63, 3.8) is 0 Å². The maximum absolute atomic E-state index is 13.0. The van der Waals surface area contributed by atoms with Crippen LogP contribution in [0.25, 0.3) is 16.9 Å². The van der Waals surface area contributed by atoms with Crippen molar-refractivity contribution in [1.82, 2.24) is 15.1 Å². The number of carbonyl (C=O) groups excluding carboxylic acids is 2. The highest BCUT2D eigenvalue weighted by Crippen LogP contribution is 2.27. The Bertz CT molecular complexity index is 998. The van der Waals surface area contributed by atoms with Gasteiger partial charge < -0.3 is 14.8 Å². The zero-order valence-corrected chi connectivity index (χ0v) is 16.6. The number of carbonyl (C=O) groups is 2. The van der Waals surface area contributed by atoms with Gasteiger partial charge in [0.15, 0.2) is 0 Å². The SMILES string of the molecule is COC(=O)CC(C)NC(=O)c1cn(-c2ccccc2)nc1-c1cccc(OC)c1. The maximum Gasteiger partial charge on any atom is 0.307 e. The summed E-state index contributed by atoms with van der Waals surface area (Å²) >= 11 is 0. The lowest BCUT2D eigenvalue weighted by atomic mass is 10.1. The van der Waals surface area contributed by atoms with Gasteiger partial charge in [-0.25, -0.2) is 4.68 Å². The molecular weight excluding hydrogens is 370 g/mol. The van der Waals surface area contributed by atoms with Gasteiger partial charge in [0.2, 0.25) is 0 Å². The van der Waals surface area contributed by atoms with E-state index in [1.165, 1.54) is 7.11 Å². The summed E-state index contributed by atoms with van der Waals surface area (Å²) in [7, 11) is 2.91. The highest BCUT2D eigenvalue weighted by molar-refractivity contribution is 6.00. The molecule has 0 spiro atoms. The minimum absolute atomic E-state index is 0.0869. The minimum Gasteiger partial charge on any atom is -0.497 e. The van der Waals surface area contributed by atoms with E-state index in [4.69, 9.17) is 4.74 Å². The molecule has 0 saturated heterocycles. The summed E-state index contributed by atoms with van der Waals surface area (Å²) < 4.78 is 11.6. The van der Waals surface area contributed by atoms with E-state index in [1.807, 2.05) is 54.6 Å². The molecule has 29 heavy (non-hydrogen) atoms. The van der Waals surface area contributed by atoms with E-state index in [1.54, 1.807) is 24.9 Å². The summed E-state index contributed by atoms with van der Waals surface area (Å²) in [5.74, 6) is -0.0330. The zero-order chi connectivity index (χ0) is 20.8. The Kier molecular flexibility index (Phi) is 6.29. The van der Waals surface area contributed by atoms with E-state index < -0.39 is 0 Å². The van der Waals surface area contributed by atoms with Crippen molar-refractivity contribution < 1.29 is 19.1 Å². The van der Waals surface area contributed by atoms with Crippen LogP contribution in [0.4, 0.5) is 0 Å². The second kappa shape index (κ2) is 9.05. The number of amides is 1. The van der Waals surface area contributed by atoms with E-state index >= 15 is 0 Å². The second-order valence-electron chi connectivity index (χ2n) is 6.56. The number of esters is 1. The van der Waals surface area contributed by atoms with Crippen molar-refractivity contribution in [3.05, 3.63) is 66.4 Å². The molecule has 1 aromatic heterocycles. The molecule has 3 rings (SSSR count). The molecule has 0 fully saturated rings. The van der Waals surface area contributed by atoms with Gasteiger partial charge in [0, 0.05) is 17.8 Å². The lowest BCUT2D eigenvalue weighted by Gasteiger charge is -2.12. The third kappa shape index (κ3) is 4.82. The monoisotopic (exact) mass is 393 g/mol. The number of hydrogen-bond donors (Lipinski definition) is 1. The van der Waals surface area contributed by atoms with Gasteiger partial charge in [0.25, 0.3) is 5.91 Å². The molecule has 0 aliphatic carbocycles. The Labute approximate surface area is 169 Å². The maximum atomic E-state index is 13.0. The van der Waals surface area contributed by atoms with E-state index in [9.17, 15) is 9.59 Å². The van der Waals surface area contributed by atoms with Crippen LogP contribution in [0.1, 0.15) is 23.7 Å². The van der Waals surface area contributed by atoms with E-state index in [0.29, 0.717) is 17.0 Å². The molecule has 0 aliphatic rings. The fourth-order valence-electron chi connectivity index (χ4n) is 2.92. The van der Waals surface area contributed by atoms with Crippen LogP contribution in [0, 0.1) is 0 Å². The van der Waals surface area contributed by atoms with Crippen molar-refractivity contribution >= 4 is 11.9 Å². The first-order valence-corrected chi connectivity index (χ1v) is 9.19. The number of nitrogens with zero attached hydrogens (tertiary/aromatic N) is 2. The smallest absolute Gasteiger partial charge is 0.307 e. The van der Waals surface area contributed by atoms with Crippen LogP contribution in [0.2, 0.25) is 0 Å². The number of para-hydroxylation sites is 1. The fourth-order valence-corrected chi connectivity index (χ4v) is 2.92. The third-order valence-electron chi connectivity index (χ3n) is 4.40. The number of rotatable bonds is 7. The van der Waals surface area contributed by atoms with Gasteiger partial charge in [-0.1, -0.05) is 30.3 Å². The molecule has 0 aliphatic heterocycles. The van der Waals surface area contributed by atoms with E-state index in [-0.39, 0.29) is 24.3 Å². The predicted octanol–water partition coefficient (Wildman–Crippen LogP) is 3.23. The molecule has 7 nitrogen and oxygen atoms in total. The number of methoxy groups -OCH3 is 2. The van der Waals surface area contributed by atoms with Crippen LogP contribution < -0.4 is 10.1 Å². The molecule has 1 heterocycles. The molecule has 0 bridgehead atoms. The zero-order valence-electron chi connectivity index (χ0n) is 16.6. The van der Waals surface area contributed by atoms with E-state index in [2.05, 4.69) is 15.2 Å². The predicted molar refractivity (Wildman–Crippen MR) is 109 cm³/mol. The number of aromatic nitrogens is 2. The summed E-state index contributed by atoms with van der Waals surface area (Å²) in [6, 6.07) is 16.5. The van der Waals surface area contributed by atoms with Gasteiger partial charge in [-0.15, -0.1) is 0 Å². The van der Waals surface area contributed by atoms with Crippen LogP contribution in [-0.4, -0.2) is 41.9 Å². The quantitative estimate of drug-likeness (QED) is 0.623. The highest BCUT2D eigenvalue weighted by Gasteiger charge is 2.21. The summed E-state index contributed by atoms with van der Waals surface area (Å²) in [6.07, 6.45) is 1.77. The molecular formula is C22H23N3O4. The third-order valence-corrected chi connectivity index (χ3v) is 4.40. The standard InChI is InChI=1S/C22H23N3O4/c1-15(12-20(26)29-3)23-22(27)19-14-25(17-9-5-4-6-10-17)24-21(19)16-8-7-11-18(13-16)28-2/h4-11,13-15H,12H2,1-3H3,(H,23,27). The van der Waals surface area contributed by atoms with Crippen LogP contribution in [0.5, 0.6) is 5.75 Å². The van der Waals surface area contributed by atoms with Crippen LogP contribution in [0.3, 0.4) is 0 Å². The molecule has 1 amide bonds. The fraction of sp³-hybridized carbons (Fsp3) is 0.227. The molecule has 0 saturated carbocycles. The first kappa shape index (κ1) is 20.1. The summed E-state index contributed by atoms with van der Waals surface area (Å²) in [6.45, 7) is 1.75. The first-order chi connectivity index (χ1) is 14.0. The molecule has 1 N–H and O–H groups in total. The van der Waals surface area contributed by atoms with E-state index in [0.717, 1.165) is 11.3 Å². The lowest BCUT2D eigenvalue weighted by Crippen LogP contribution is -2.34. The number of hydrogen-bond acceptors (Lipinski definition) is 5. The Balaban J connectivity index is 1.98. The number of benzene rings is 2. The second-order valence-corrected chi connectivity index (χ2v) is 6.56. The molecule has 0 radical (unpaired) electrons. The summed E-state index contributed by atoms with van der Waals surface area (Å²) in [4.78, 5) is 24.5. The van der Waals surface area contributed by atoms with Crippen LogP contribution in [0.15, 0.2) is 60.8 Å². The van der Waals surface area contributed by atoms with Gasteiger partial charge >= 0.3 is 5.97 Å². The van der Waals surface area contributed by atoms with Gasteiger partial charge in [0.05, 0.1) is 31.9 Å². The molecule has 7 heteroatoms. The largest absolute Gasteiger partial charge is 0.497 e. The molecule has 3 aromatic rings. The average molecular weight is 393 g/mol. The van der Waals surface area contributed by atoms with Crippen molar-refractivity contribution in [1.29, 1.82) is 0 Å². The molecule has 2 aromatic carbocycles. The number of ether oxygens (including phenoxy) is 2. The first-order valence-electron chi connectivity index (χ1n) is 9.19. The van der Waals surface area contributed by atoms with Crippen molar-refractivity contribution in [2.45, 2.75) is 19.4 Å². The van der Waals surface area contributed by atoms with Crippen molar-refractivity contribution in [3.8, 4) is 22.7 Å². The topological polar surface area (TPSA) is 82.5 Å². The van der Waals surface area contributed by atoms with Crippen molar-refractivity contribution in [2.24, 2.45) is 0 Å². The number of nitrogens with one attached hydrogen (secondary N) is 1. The van der Waals surface area contributed by atoms with Crippen LogP contribution >= 0.6 is 0 Å². The van der Waals surface area contributed by atoms with Gasteiger partial charge in [-0.2, -0.15) is 5.10 Å². The summed E-state index contributed by atoms with van der Waals surface area (Å²) in [5, 5.41) is 7.48. The van der Waals surface area contributed by atoms with Gasteiger partial charge in [-0.05, 0) is 31.2 Å². The Hall–Kier alpha value is -3.61. The molecule has 1 atom stereocenters. The summed E-state index contributed by atoms with van der Waals surface area (Å²) in [5.41, 5.74) is 2.51. The molecule has 1 unspecified atom stereocenters. The highest BCUT2D eigenvalue weighted by atomic mass is 16.5. The van der Waals surface area contributed by atoms with Crippen molar-refractivity contribution in [2.75, 3.05) is 14.2 Å². The average Bonchev–Trinajstić information content (AvgIpc) is 3.20. The van der Waals surface area contributed by atoms with Gasteiger partial charge in [0.1, 0.15) is 11.4 Å². The lowest BCUT2D eigenvalue weighted by molar-refractivity contribution is -0.141.